The molecular weight excluding hydrogens is 229 g/mol. The topological polar surface area (TPSA) is 21.3 Å². The number of halogens is 1. The number of hydrogen-bond acceptors (Lipinski definition) is 2. The highest BCUT2D eigenvalue weighted by Gasteiger charge is 2.13. The number of rotatable bonds is 9. The first-order valence-corrected chi connectivity index (χ1v) is 6.79. The maximum atomic E-state index is 13.6. The largest absolute Gasteiger partial charge is 0.379 e. The molecule has 0 amide bonds. The molecule has 2 nitrogen and oxygen atoms in total. The lowest BCUT2D eigenvalue weighted by atomic mass is 10.1. The Balaban J connectivity index is 2.32. The zero-order valence-electron chi connectivity index (χ0n) is 11.4. The second-order valence-corrected chi connectivity index (χ2v) is 4.50. The summed E-state index contributed by atoms with van der Waals surface area (Å²) in [6.07, 6.45) is 4.78. The minimum Gasteiger partial charge on any atom is -0.379 e. The van der Waals surface area contributed by atoms with Crippen LogP contribution in [0.25, 0.3) is 0 Å². The van der Waals surface area contributed by atoms with Gasteiger partial charge in [-0.3, -0.25) is 0 Å². The summed E-state index contributed by atoms with van der Waals surface area (Å²) >= 11 is 0. The van der Waals surface area contributed by atoms with Gasteiger partial charge in [0.2, 0.25) is 0 Å². The summed E-state index contributed by atoms with van der Waals surface area (Å²) in [5, 5.41) is 3.10. The molecule has 1 N–H and O–H groups in total. The maximum Gasteiger partial charge on any atom is 0.128 e. The van der Waals surface area contributed by atoms with Crippen molar-refractivity contribution in [2.24, 2.45) is 0 Å². The van der Waals surface area contributed by atoms with Crippen LogP contribution < -0.4 is 5.32 Å². The summed E-state index contributed by atoms with van der Waals surface area (Å²) in [6.45, 7) is 3.46. The predicted octanol–water partition coefficient (Wildman–Crippen LogP) is 3.68. The molecule has 0 aliphatic carbocycles. The monoisotopic (exact) mass is 253 g/mol. The fourth-order valence-electron chi connectivity index (χ4n) is 1.92. The van der Waals surface area contributed by atoms with Crippen LogP contribution in [-0.2, 0) is 4.74 Å². The van der Waals surface area contributed by atoms with Crippen molar-refractivity contribution in [2.45, 2.75) is 38.6 Å². The van der Waals surface area contributed by atoms with E-state index in [0.29, 0.717) is 12.2 Å². The van der Waals surface area contributed by atoms with Gasteiger partial charge in [0, 0.05) is 12.2 Å². The molecule has 0 aliphatic heterocycles. The van der Waals surface area contributed by atoms with E-state index in [9.17, 15) is 4.39 Å². The fraction of sp³-hybridized carbons (Fsp3) is 0.600. The van der Waals surface area contributed by atoms with Crippen LogP contribution in [0.15, 0.2) is 24.3 Å². The summed E-state index contributed by atoms with van der Waals surface area (Å²) in [5.41, 5.74) is 0.675. The van der Waals surface area contributed by atoms with E-state index in [4.69, 9.17) is 4.74 Å². The number of likely N-dealkylation sites (N-methyl/N-ethyl adjacent to an activating group) is 1. The molecular formula is C15H24FNO. The fourth-order valence-corrected chi connectivity index (χ4v) is 1.92. The van der Waals surface area contributed by atoms with Crippen LogP contribution in [0.1, 0.15) is 44.2 Å². The van der Waals surface area contributed by atoms with Gasteiger partial charge in [-0.1, -0.05) is 44.4 Å². The lowest BCUT2D eigenvalue weighted by Gasteiger charge is -2.17. The molecule has 1 aromatic rings. The van der Waals surface area contributed by atoms with E-state index >= 15 is 0 Å². The summed E-state index contributed by atoms with van der Waals surface area (Å²) in [6, 6.07) is 6.77. The third-order valence-electron chi connectivity index (χ3n) is 3.06. The lowest BCUT2D eigenvalue weighted by molar-refractivity contribution is 0.109. The second kappa shape index (κ2) is 9.06. The molecule has 0 aliphatic rings. The zero-order valence-corrected chi connectivity index (χ0v) is 11.4. The Labute approximate surface area is 110 Å². The van der Waals surface area contributed by atoms with Crippen molar-refractivity contribution < 1.29 is 9.13 Å². The number of hydrogen-bond donors (Lipinski definition) is 1. The van der Waals surface area contributed by atoms with Gasteiger partial charge in [0.25, 0.3) is 0 Å². The van der Waals surface area contributed by atoms with Gasteiger partial charge in [0.1, 0.15) is 5.82 Å². The molecule has 1 atom stereocenters. The molecule has 0 aromatic heterocycles. The van der Waals surface area contributed by atoms with Crippen LogP contribution >= 0.6 is 0 Å². The van der Waals surface area contributed by atoms with Crippen molar-refractivity contribution in [3.63, 3.8) is 0 Å². The van der Waals surface area contributed by atoms with Crippen LogP contribution in [0, 0.1) is 5.82 Å². The van der Waals surface area contributed by atoms with Crippen LogP contribution in [0.3, 0.4) is 0 Å². The third kappa shape index (κ3) is 5.15. The maximum absolute atomic E-state index is 13.6. The van der Waals surface area contributed by atoms with Crippen molar-refractivity contribution in [3.05, 3.63) is 35.6 Å². The van der Waals surface area contributed by atoms with E-state index in [1.54, 1.807) is 12.1 Å². The van der Waals surface area contributed by atoms with Crippen molar-refractivity contribution in [3.8, 4) is 0 Å². The Bertz CT molecular complexity index is 330. The van der Waals surface area contributed by atoms with Crippen LogP contribution in [0.5, 0.6) is 0 Å². The van der Waals surface area contributed by atoms with Crippen molar-refractivity contribution in [1.29, 1.82) is 0 Å². The Hall–Kier alpha value is -0.930. The minimum atomic E-state index is -0.175. The highest BCUT2D eigenvalue weighted by molar-refractivity contribution is 5.21. The molecule has 1 unspecified atom stereocenters. The minimum absolute atomic E-state index is 0.0719. The van der Waals surface area contributed by atoms with E-state index in [-0.39, 0.29) is 11.9 Å². The van der Waals surface area contributed by atoms with Gasteiger partial charge < -0.3 is 10.1 Å². The summed E-state index contributed by atoms with van der Waals surface area (Å²) < 4.78 is 19.2. The molecule has 18 heavy (non-hydrogen) atoms. The zero-order chi connectivity index (χ0) is 13.2. The molecule has 1 rings (SSSR count). The van der Waals surface area contributed by atoms with Crippen LogP contribution in [0.4, 0.5) is 4.39 Å². The first kappa shape index (κ1) is 15.1. The van der Waals surface area contributed by atoms with Gasteiger partial charge >= 0.3 is 0 Å². The molecule has 0 saturated heterocycles. The summed E-state index contributed by atoms with van der Waals surface area (Å²) in [7, 11) is 1.83. The summed E-state index contributed by atoms with van der Waals surface area (Å²) in [4.78, 5) is 0. The molecule has 0 radical (unpaired) electrons. The number of ether oxygens (including phenoxy) is 1. The normalized spacial score (nSPS) is 12.6. The number of benzene rings is 1. The molecule has 102 valence electrons. The first-order valence-electron chi connectivity index (χ1n) is 6.79. The van der Waals surface area contributed by atoms with Gasteiger partial charge in [0.15, 0.2) is 0 Å². The molecule has 1 aromatic carbocycles. The Morgan fingerprint density at radius 3 is 2.67 bits per heavy atom. The third-order valence-corrected chi connectivity index (χ3v) is 3.06. The summed E-state index contributed by atoms with van der Waals surface area (Å²) in [5.74, 6) is -0.175. The molecule has 0 heterocycles. The molecule has 0 bridgehead atoms. The van der Waals surface area contributed by atoms with E-state index in [0.717, 1.165) is 13.0 Å². The average molecular weight is 253 g/mol. The van der Waals surface area contributed by atoms with Crippen LogP contribution in [-0.4, -0.2) is 20.3 Å². The van der Waals surface area contributed by atoms with Crippen molar-refractivity contribution in [1.82, 2.24) is 5.32 Å². The smallest absolute Gasteiger partial charge is 0.128 e. The molecule has 0 fully saturated rings. The van der Waals surface area contributed by atoms with E-state index < -0.39 is 0 Å². The van der Waals surface area contributed by atoms with Gasteiger partial charge in [0.05, 0.1) is 12.6 Å². The van der Waals surface area contributed by atoms with E-state index in [1.807, 2.05) is 13.1 Å². The van der Waals surface area contributed by atoms with Gasteiger partial charge in [-0.05, 0) is 19.5 Å². The Morgan fingerprint density at radius 2 is 2.00 bits per heavy atom. The van der Waals surface area contributed by atoms with Crippen LogP contribution in [0.2, 0.25) is 0 Å². The Kier molecular flexibility index (Phi) is 7.62. The average Bonchev–Trinajstić information content (AvgIpc) is 2.39. The van der Waals surface area contributed by atoms with Gasteiger partial charge in [-0.2, -0.15) is 0 Å². The highest BCUT2D eigenvalue weighted by Crippen LogP contribution is 2.16. The van der Waals surface area contributed by atoms with E-state index in [2.05, 4.69) is 12.2 Å². The molecule has 3 heteroatoms. The first-order chi connectivity index (χ1) is 8.79. The van der Waals surface area contributed by atoms with E-state index in [1.165, 1.54) is 25.3 Å². The second-order valence-electron chi connectivity index (χ2n) is 4.50. The lowest BCUT2D eigenvalue weighted by Crippen LogP contribution is -2.23. The standard InChI is InChI=1S/C15H24FNO/c1-3-4-5-8-11-18-12-15(17-2)13-9-6-7-10-14(13)16/h6-7,9-10,15,17H,3-5,8,11-12H2,1-2H3. The molecule has 0 spiro atoms. The van der Waals surface area contributed by atoms with Crippen molar-refractivity contribution in [2.75, 3.05) is 20.3 Å². The highest BCUT2D eigenvalue weighted by atomic mass is 19.1. The Morgan fingerprint density at radius 1 is 1.22 bits per heavy atom. The quantitative estimate of drug-likeness (QED) is 0.678. The number of unbranched alkanes of at least 4 members (excludes halogenated alkanes) is 3. The predicted molar refractivity (Wildman–Crippen MR) is 73.2 cm³/mol. The number of nitrogens with one attached hydrogen (secondary N) is 1. The van der Waals surface area contributed by atoms with Gasteiger partial charge in [-0.25, -0.2) is 4.39 Å². The van der Waals surface area contributed by atoms with Crippen molar-refractivity contribution >= 4 is 0 Å². The van der Waals surface area contributed by atoms with Gasteiger partial charge in [-0.15, -0.1) is 0 Å². The SMILES string of the molecule is CCCCCCOCC(NC)c1ccccc1F. The molecule has 0 saturated carbocycles.